The van der Waals surface area contributed by atoms with Gasteiger partial charge in [-0.15, -0.1) is 0 Å². The molecular weight excluding hydrogens is 395 g/mol. The third-order valence-corrected chi connectivity index (χ3v) is 5.40. The van der Waals surface area contributed by atoms with Crippen LogP contribution in [0.2, 0.25) is 15.1 Å². The summed E-state index contributed by atoms with van der Waals surface area (Å²) >= 11 is 17.6. The Morgan fingerprint density at radius 1 is 1.00 bits per heavy atom. The van der Waals surface area contributed by atoms with E-state index in [1.165, 1.54) is 41.3 Å². The molecule has 0 saturated carbocycles. The Morgan fingerprint density at radius 2 is 1.67 bits per heavy atom. The van der Waals surface area contributed by atoms with Crippen LogP contribution in [0.4, 0.5) is 5.69 Å². The maximum atomic E-state index is 12.5. The number of benzene rings is 2. The van der Waals surface area contributed by atoms with Crippen LogP contribution in [0, 0.1) is 0 Å². The second-order valence-electron chi connectivity index (χ2n) is 5.07. The molecule has 9 heteroatoms. The number of hydrogen-bond acceptors (Lipinski definition) is 3. The fourth-order valence-corrected chi connectivity index (χ4v) is 3.51. The van der Waals surface area contributed by atoms with Crippen molar-refractivity contribution >= 4 is 56.4 Å². The molecular formula is C15H13Cl3N2O3S. The first-order valence-electron chi connectivity index (χ1n) is 6.61. The molecule has 2 aromatic rings. The first-order valence-corrected chi connectivity index (χ1v) is 9.22. The van der Waals surface area contributed by atoms with E-state index >= 15 is 0 Å². The summed E-state index contributed by atoms with van der Waals surface area (Å²) in [5, 5.41) is 0.634. The van der Waals surface area contributed by atoms with E-state index in [0.717, 1.165) is 0 Å². The summed E-state index contributed by atoms with van der Waals surface area (Å²) in [5.74, 6) is -0.362. The Balaban J connectivity index is 2.47. The summed E-state index contributed by atoms with van der Waals surface area (Å²) in [6.07, 6.45) is 0. The second kappa shape index (κ2) is 7.19. The normalized spacial score (nSPS) is 11.2. The molecule has 0 spiro atoms. The zero-order valence-electron chi connectivity index (χ0n) is 12.7. The van der Waals surface area contributed by atoms with Crippen molar-refractivity contribution in [1.82, 2.24) is 4.90 Å². The van der Waals surface area contributed by atoms with Gasteiger partial charge >= 0.3 is 0 Å². The van der Waals surface area contributed by atoms with Gasteiger partial charge in [0.25, 0.3) is 15.9 Å². The SMILES string of the molecule is CN(C)C(=O)c1ccc(Cl)cc1NS(=O)(=O)c1ccc(Cl)c(Cl)c1. The van der Waals surface area contributed by atoms with Crippen molar-refractivity contribution in [3.63, 3.8) is 0 Å². The van der Waals surface area contributed by atoms with E-state index in [-0.39, 0.29) is 37.1 Å². The van der Waals surface area contributed by atoms with Crippen LogP contribution >= 0.6 is 34.8 Å². The fraction of sp³-hybridized carbons (Fsp3) is 0.133. The molecule has 0 atom stereocenters. The molecule has 1 amide bonds. The molecule has 5 nitrogen and oxygen atoms in total. The highest BCUT2D eigenvalue weighted by Crippen LogP contribution is 2.28. The van der Waals surface area contributed by atoms with Gasteiger partial charge in [-0.1, -0.05) is 34.8 Å². The summed E-state index contributed by atoms with van der Waals surface area (Å²) in [7, 11) is -0.846. The van der Waals surface area contributed by atoms with E-state index < -0.39 is 10.0 Å². The van der Waals surface area contributed by atoms with Gasteiger partial charge in [-0.2, -0.15) is 0 Å². The molecule has 0 saturated heterocycles. The average Bonchev–Trinajstić information content (AvgIpc) is 2.49. The van der Waals surface area contributed by atoms with Gasteiger partial charge in [0, 0.05) is 19.1 Å². The van der Waals surface area contributed by atoms with Crippen molar-refractivity contribution in [2.45, 2.75) is 4.90 Å². The van der Waals surface area contributed by atoms with Gasteiger partial charge in [0.05, 0.1) is 26.2 Å². The van der Waals surface area contributed by atoms with Crippen LogP contribution in [-0.4, -0.2) is 33.3 Å². The number of amides is 1. The number of carbonyl (C=O) groups is 1. The number of nitrogens with zero attached hydrogens (tertiary/aromatic N) is 1. The minimum atomic E-state index is -3.97. The van der Waals surface area contributed by atoms with Crippen molar-refractivity contribution in [1.29, 1.82) is 0 Å². The van der Waals surface area contributed by atoms with Crippen LogP contribution < -0.4 is 4.72 Å². The highest BCUT2D eigenvalue weighted by molar-refractivity contribution is 7.92. The Morgan fingerprint density at radius 3 is 2.25 bits per heavy atom. The standard InChI is InChI=1S/C15H13Cl3N2O3S/c1-20(2)15(21)11-5-3-9(16)7-14(11)19-24(22,23)10-4-6-12(17)13(18)8-10/h3-8,19H,1-2H3. The third-order valence-electron chi connectivity index (χ3n) is 3.06. The minimum Gasteiger partial charge on any atom is -0.345 e. The van der Waals surface area contributed by atoms with Gasteiger partial charge in [0.15, 0.2) is 0 Å². The van der Waals surface area contributed by atoms with Crippen LogP contribution in [0.1, 0.15) is 10.4 Å². The molecule has 0 aliphatic heterocycles. The molecule has 0 aliphatic rings. The molecule has 2 rings (SSSR count). The van der Waals surface area contributed by atoms with Gasteiger partial charge in [0.1, 0.15) is 0 Å². The second-order valence-corrected chi connectivity index (χ2v) is 8.00. The molecule has 128 valence electrons. The number of nitrogens with one attached hydrogen (secondary N) is 1. The Bertz CT molecular complexity index is 899. The zero-order chi connectivity index (χ0) is 18.1. The number of carbonyl (C=O) groups excluding carboxylic acids is 1. The topological polar surface area (TPSA) is 66.5 Å². The molecule has 0 heterocycles. The van der Waals surface area contributed by atoms with Crippen LogP contribution in [0.25, 0.3) is 0 Å². The monoisotopic (exact) mass is 406 g/mol. The third kappa shape index (κ3) is 4.13. The molecule has 24 heavy (non-hydrogen) atoms. The lowest BCUT2D eigenvalue weighted by Gasteiger charge is -2.16. The predicted octanol–water partition coefficient (Wildman–Crippen LogP) is 4.15. The molecule has 0 unspecified atom stereocenters. The van der Waals surface area contributed by atoms with Crippen molar-refractivity contribution in [3.05, 3.63) is 57.0 Å². The smallest absolute Gasteiger partial charge is 0.261 e. The van der Waals surface area contributed by atoms with E-state index in [2.05, 4.69) is 4.72 Å². The first-order chi connectivity index (χ1) is 11.1. The molecule has 0 radical (unpaired) electrons. The number of sulfonamides is 1. The summed E-state index contributed by atoms with van der Waals surface area (Å²) in [4.78, 5) is 13.5. The molecule has 2 aromatic carbocycles. The van der Waals surface area contributed by atoms with E-state index in [1.54, 1.807) is 14.1 Å². The average molecular weight is 408 g/mol. The minimum absolute atomic E-state index is 0.0762. The summed E-state index contributed by atoms with van der Waals surface area (Å²) in [6, 6.07) is 8.25. The van der Waals surface area contributed by atoms with Crippen molar-refractivity contribution in [2.24, 2.45) is 0 Å². The maximum Gasteiger partial charge on any atom is 0.261 e. The van der Waals surface area contributed by atoms with Crippen molar-refractivity contribution in [2.75, 3.05) is 18.8 Å². The molecule has 0 aliphatic carbocycles. The number of anilines is 1. The Labute approximate surface area is 155 Å². The van der Waals surface area contributed by atoms with Crippen LogP contribution in [0.3, 0.4) is 0 Å². The largest absolute Gasteiger partial charge is 0.345 e. The molecule has 0 fully saturated rings. The summed E-state index contributed by atoms with van der Waals surface area (Å²) < 4.78 is 27.4. The van der Waals surface area contributed by atoms with Gasteiger partial charge < -0.3 is 4.90 Å². The maximum absolute atomic E-state index is 12.5. The lowest BCUT2D eigenvalue weighted by molar-refractivity contribution is 0.0828. The summed E-state index contributed by atoms with van der Waals surface area (Å²) in [5.41, 5.74) is 0.250. The van der Waals surface area contributed by atoms with Gasteiger partial charge in [-0.25, -0.2) is 8.42 Å². The quantitative estimate of drug-likeness (QED) is 0.828. The number of rotatable bonds is 4. The van der Waals surface area contributed by atoms with Gasteiger partial charge in [0.2, 0.25) is 0 Å². The van der Waals surface area contributed by atoms with Crippen LogP contribution in [-0.2, 0) is 10.0 Å². The Kier molecular flexibility index (Phi) is 5.65. The highest BCUT2D eigenvalue weighted by atomic mass is 35.5. The summed E-state index contributed by atoms with van der Waals surface area (Å²) in [6.45, 7) is 0. The van der Waals surface area contributed by atoms with E-state index in [0.29, 0.717) is 0 Å². The van der Waals surface area contributed by atoms with Crippen molar-refractivity contribution in [3.8, 4) is 0 Å². The van der Waals surface area contributed by atoms with Gasteiger partial charge in [-0.3, -0.25) is 9.52 Å². The van der Waals surface area contributed by atoms with Crippen molar-refractivity contribution < 1.29 is 13.2 Å². The zero-order valence-corrected chi connectivity index (χ0v) is 15.8. The molecule has 0 bridgehead atoms. The van der Waals surface area contributed by atoms with E-state index in [4.69, 9.17) is 34.8 Å². The van der Waals surface area contributed by atoms with Crippen LogP contribution in [0.15, 0.2) is 41.3 Å². The number of hydrogen-bond donors (Lipinski definition) is 1. The molecule has 1 N–H and O–H groups in total. The molecule has 0 aromatic heterocycles. The lowest BCUT2D eigenvalue weighted by Crippen LogP contribution is -2.24. The lowest BCUT2D eigenvalue weighted by atomic mass is 10.1. The predicted molar refractivity (Wildman–Crippen MR) is 96.7 cm³/mol. The first kappa shape index (κ1) is 18.9. The highest BCUT2D eigenvalue weighted by Gasteiger charge is 2.21. The number of halogens is 3. The van der Waals surface area contributed by atoms with E-state index in [1.807, 2.05) is 0 Å². The fourth-order valence-electron chi connectivity index (χ4n) is 1.88. The van der Waals surface area contributed by atoms with Gasteiger partial charge in [-0.05, 0) is 36.4 Å². The Hall–Kier alpha value is -1.47. The van der Waals surface area contributed by atoms with Crippen LogP contribution in [0.5, 0.6) is 0 Å². The van der Waals surface area contributed by atoms with E-state index in [9.17, 15) is 13.2 Å².